The van der Waals surface area contributed by atoms with Crippen LogP contribution in [0.25, 0.3) is 16.2 Å². The predicted molar refractivity (Wildman–Crippen MR) is 100 cm³/mol. The van der Waals surface area contributed by atoms with Crippen LogP contribution in [-0.4, -0.2) is 16.5 Å². The van der Waals surface area contributed by atoms with Crippen LogP contribution in [0.2, 0.25) is 0 Å². The molecule has 0 fully saturated rings. The molecule has 5 nitrogen and oxygen atoms in total. The van der Waals surface area contributed by atoms with Gasteiger partial charge in [0, 0.05) is 22.8 Å². The van der Waals surface area contributed by atoms with Gasteiger partial charge in [-0.2, -0.15) is 0 Å². The molecule has 6 heteroatoms. The monoisotopic (exact) mass is 338 g/mol. The van der Waals surface area contributed by atoms with E-state index in [2.05, 4.69) is 4.98 Å². The van der Waals surface area contributed by atoms with Crippen molar-refractivity contribution in [3.05, 3.63) is 66.2 Å². The third kappa shape index (κ3) is 3.33. The molecular formula is C18H18N4OS. The summed E-state index contributed by atoms with van der Waals surface area (Å²) < 4.78 is 7.02. The maximum Gasteiger partial charge on any atom is 0.195 e. The fraction of sp³-hybridized carbons (Fsp3) is 0.0556. The highest BCUT2D eigenvalue weighted by molar-refractivity contribution is 7.15. The number of aromatic nitrogens is 2. The van der Waals surface area contributed by atoms with Gasteiger partial charge >= 0.3 is 0 Å². The highest BCUT2D eigenvalue weighted by Crippen LogP contribution is 2.29. The average molecular weight is 338 g/mol. The number of nitrogen functional groups attached to an aromatic ring is 2. The zero-order chi connectivity index (χ0) is 16.9. The number of nitrogens with zero attached hydrogens (tertiary/aromatic N) is 2. The number of ether oxygens (including phenoxy) is 1. The van der Waals surface area contributed by atoms with Gasteiger partial charge in [-0.1, -0.05) is 18.2 Å². The molecule has 4 aromatic rings. The first-order chi connectivity index (χ1) is 11.7. The molecule has 0 aliphatic heterocycles. The number of thiazole rings is 1. The van der Waals surface area contributed by atoms with Gasteiger partial charge in [-0.05, 0) is 36.4 Å². The van der Waals surface area contributed by atoms with Crippen molar-refractivity contribution < 1.29 is 4.74 Å². The second-order valence-corrected chi connectivity index (χ2v) is 5.91. The summed E-state index contributed by atoms with van der Waals surface area (Å²) in [4.78, 5) is 5.42. The summed E-state index contributed by atoms with van der Waals surface area (Å²) in [6.45, 7) is 0. The average Bonchev–Trinajstić information content (AvgIpc) is 3.20. The molecule has 4 N–H and O–H groups in total. The van der Waals surface area contributed by atoms with Gasteiger partial charge in [0.15, 0.2) is 4.96 Å². The van der Waals surface area contributed by atoms with Crippen LogP contribution >= 0.6 is 11.3 Å². The summed E-state index contributed by atoms with van der Waals surface area (Å²) in [5, 5.41) is 1.97. The fourth-order valence-electron chi connectivity index (χ4n) is 2.22. The van der Waals surface area contributed by atoms with Crippen LogP contribution in [0.15, 0.2) is 66.2 Å². The molecule has 122 valence electrons. The van der Waals surface area contributed by atoms with Crippen molar-refractivity contribution in [2.24, 2.45) is 0 Å². The Hall–Kier alpha value is -2.99. The van der Waals surface area contributed by atoms with Crippen molar-refractivity contribution in [3.63, 3.8) is 0 Å². The van der Waals surface area contributed by atoms with Gasteiger partial charge in [0.1, 0.15) is 17.3 Å². The van der Waals surface area contributed by atoms with E-state index in [0.717, 1.165) is 27.7 Å². The van der Waals surface area contributed by atoms with E-state index < -0.39 is 0 Å². The van der Waals surface area contributed by atoms with Gasteiger partial charge in [0.25, 0.3) is 0 Å². The molecule has 0 saturated heterocycles. The van der Waals surface area contributed by atoms with Gasteiger partial charge in [-0.15, -0.1) is 11.3 Å². The molecule has 0 aliphatic rings. The van der Waals surface area contributed by atoms with E-state index in [9.17, 15) is 0 Å². The molecule has 24 heavy (non-hydrogen) atoms. The zero-order valence-electron chi connectivity index (χ0n) is 13.2. The Morgan fingerprint density at radius 1 is 1.00 bits per heavy atom. The number of nitrogens with two attached hydrogens (primary N) is 2. The van der Waals surface area contributed by atoms with Crippen molar-refractivity contribution in [1.82, 2.24) is 9.38 Å². The van der Waals surface area contributed by atoms with Gasteiger partial charge in [0.05, 0.1) is 7.11 Å². The number of fused-ring (bicyclic) bond motifs is 1. The number of imidazole rings is 1. The van der Waals surface area contributed by atoms with Crippen molar-refractivity contribution in [1.29, 1.82) is 0 Å². The molecule has 0 atom stereocenters. The summed E-state index contributed by atoms with van der Waals surface area (Å²) in [6.07, 6.45) is 1.93. The van der Waals surface area contributed by atoms with Crippen LogP contribution in [-0.2, 0) is 0 Å². The highest BCUT2D eigenvalue weighted by Gasteiger charge is 2.11. The first-order valence-corrected chi connectivity index (χ1v) is 8.23. The molecule has 2 aromatic carbocycles. The Kier molecular flexibility index (Phi) is 4.67. The van der Waals surface area contributed by atoms with E-state index in [0.29, 0.717) is 5.82 Å². The number of anilines is 2. The number of hydrogen-bond acceptors (Lipinski definition) is 5. The lowest BCUT2D eigenvalue weighted by atomic mass is 10.1. The van der Waals surface area contributed by atoms with E-state index >= 15 is 0 Å². The van der Waals surface area contributed by atoms with E-state index in [1.165, 1.54) is 0 Å². The quantitative estimate of drug-likeness (QED) is 0.543. The highest BCUT2D eigenvalue weighted by atomic mass is 32.1. The molecule has 4 rings (SSSR count). The maximum atomic E-state index is 6.06. The molecule has 0 spiro atoms. The molecule has 0 bridgehead atoms. The minimum absolute atomic E-state index is 0.673. The van der Waals surface area contributed by atoms with Gasteiger partial charge in [-0.25, -0.2) is 4.98 Å². The predicted octanol–water partition coefficient (Wildman–Crippen LogP) is 3.92. The molecule has 0 saturated carbocycles. The Morgan fingerprint density at radius 3 is 2.25 bits per heavy atom. The molecule has 2 aromatic heterocycles. The van der Waals surface area contributed by atoms with Crippen molar-refractivity contribution in [3.8, 4) is 17.0 Å². The summed E-state index contributed by atoms with van der Waals surface area (Å²) in [7, 11) is 1.65. The SMILES string of the molecule is COc1ccc(-c2nc3sccn3c2N)cc1.Nc1ccccc1. The first-order valence-electron chi connectivity index (χ1n) is 7.35. The summed E-state index contributed by atoms with van der Waals surface area (Å²) in [6, 6.07) is 17.2. The summed E-state index contributed by atoms with van der Waals surface area (Å²) >= 11 is 1.57. The topological polar surface area (TPSA) is 78.6 Å². The van der Waals surface area contributed by atoms with Crippen LogP contribution in [0.4, 0.5) is 11.5 Å². The Labute approximate surface area is 144 Å². The van der Waals surface area contributed by atoms with Crippen LogP contribution in [0.1, 0.15) is 0 Å². The normalized spacial score (nSPS) is 10.2. The van der Waals surface area contributed by atoms with E-state index in [-0.39, 0.29) is 0 Å². The number of benzene rings is 2. The van der Waals surface area contributed by atoms with Crippen LogP contribution in [0, 0.1) is 0 Å². The second-order valence-electron chi connectivity index (χ2n) is 5.04. The van der Waals surface area contributed by atoms with E-state index in [4.69, 9.17) is 16.2 Å². The number of para-hydroxylation sites is 1. The van der Waals surface area contributed by atoms with Gasteiger partial charge < -0.3 is 16.2 Å². The number of hydrogen-bond donors (Lipinski definition) is 2. The van der Waals surface area contributed by atoms with Crippen molar-refractivity contribution in [2.75, 3.05) is 18.6 Å². The minimum atomic E-state index is 0.673. The molecule has 0 radical (unpaired) electrons. The van der Waals surface area contributed by atoms with E-state index in [1.807, 2.05) is 70.6 Å². The van der Waals surface area contributed by atoms with Crippen molar-refractivity contribution in [2.45, 2.75) is 0 Å². The maximum absolute atomic E-state index is 6.06. The smallest absolute Gasteiger partial charge is 0.195 e. The second kappa shape index (κ2) is 7.06. The summed E-state index contributed by atoms with van der Waals surface area (Å²) in [5.74, 6) is 1.50. The lowest BCUT2D eigenvalue weighted by Gasteiger charge is -2.01. The summed E-state index contributed by atoms with van der Waals surface area (Å²) in [5.41, 5.74) is 14.1. The minimum Gasteiger partial charge on any atom is -0.497 e. The van der Waals surface area contributed by atoms with E-state index in [1.54, 1.807) is 18.4 Å². The third-order valence-electron chi connectivity index (χ3n) is 3.46. The fourth-order valence-corrected chi connectivity index (χ4v) is 2.94. The van der Waals surface area contributed by atoms with Crippen molar-refractivity contribution >= 4 is 27.8 Å². The largest absolute Gasteiger partial charge is 0.497 e. The first kappa shape index (κ1) is 15.9. The number of methoxy groups -OCH3 is 1. The molecular weight excluding hydrogens is 320 g/mol. The van der Waals surface area contributed by atoms with Crippen LogP contribution in [0.3, 0.4) is 0 Å². The van der Waals surface area contributed by atoms with Gasteiger partial charge in [0.2, 0.25) is 0 Å². The molecule has 0 aliphatic carbocycles. The molecule has 0 amide bonds. The molecule has 0 unspecified atom stereocenters. The standard InChI is InChI=1S/C12H11N3OS.C6H7N/c1-16-9-4-2-8(3-5-9)10-11(13)15-6-7-17-12(15)14-10;7-6-4-2-1-3-5-6/h2-7H,13H2,1H3;1-5H,7H2. The lowest BCUT2D eigenvalue weighted by Crippen LogP contribution is -1.92. The van der Waals surface area contributed by atoms with Crippen LogP contribution in [0.5, 0.6) is 5.75 Å². The number of rotatable bonds is 2. The third-order valence-corrected chi connectivity index (χ3v) is 4.22. The Bertz CT molecular complexity index is 913. The Morgan fingerprint density at radius 2 is 1.71 bits per heavy atom. The molecule has 2 heterocycles. The van der Waals surface area contributed by atoms with Gasteiger partial charge in [-0.3, -0.25) is 4.40 Å². The zero-order valence-corrected chi connectivity index (χ0v) is 14.0. The lowest BCUT2D eigenvalue weighted by molar-refractivity contribution is 0.415. The van der Waals surface area contributed by atoms with Crippen LogP contribution < -0.4 is 16.2 Å². The Balaban J connectivity index is 0.000000203.